The molecule has 1 amide bonds. The molecule has 0 fully saturated rings. The number of hydrogen-bond acceptors (Lipinski definition) is 6. The van der Waals surface area contributed by atoms with Crippen molar-refractivity contribution < 1.29 is 28.6 Å². The number of anilines is 1. The van der Waals surface area contributed by atoms with Crippen molar-refractivity contribution >= 4 is 23.3 Å². The quantitative estimate of drug-likeness (QED) is 0.403. The second-order valence-electron chi connectivity index (χ2n) is 5.71. The number of ketones is 1. The van der Waals surface area contributed by atoms with Crippen molar-refractivity contribution in [1.29, 1.82) is 0 Å². The van der Waals surface area contributed by atoms with Gasteiger partial charge in [-0.1, -0.05) is 12.1 Å². The Morgan fingerprint density at radius 1 is 0.926 bits per heavy atom. The lowest BCUT2D eigenvalue weighted by Gasteiger charge is -2.15. The first kappa shape index (κ1) is 18.4. The van der Waals surface area contributed by atoms with Crippen LogP contribution in [0.15, 0.2) is 48.5 Å². The van der Waals surface area contributed by atoms with E-state index in [2.05, 4.69) is 0 Å². The molecule has 1 heterocycles. The molecule has 7 heteroatoms. The van der Waals surface area contributed by atoms with Crippen LogP contribution in [0.1, 0.15) is 17.3 Å². The summed E-state index contributed by atoms with van der Waals surface area (Å²) >= 11 is 0. The number of rotatable bonds is 8. The molecular weight excluding hydrogens is 350 g/mol. The van der Waals surface area contributed by atoms with Gasteiger partial charge in [0.05, 0.1) is 17.9 Å². The first-order valence-electron chi connectivity index (χ1n) is 8.56. The maximum atomic E-state index is 12.0. The molecule has 2 aromatic carbocycles. The van der Waals surface area contributed by atoms with E-state index < -0.39 is 17.7 Å². The van der Waals surface area contributed by atoms with Gasteiger partial charge in [-0.15, -0.1) is 0 Å². The van der Waals surface area contributed by atoms with Gasteiger partial charge >= 0.3 is 5.97 Å². The van der Waals surface area contributed by atoms with Crippen molar-refractivity contribution in [3.8, 4) is 11.5 Å². The van der Waals surface area contributed by atoms with Gasteiger partial charge in [0, 0.05) is 0 Å². The number of esters is 1. The summed E-state index contributed by atoms with van der Waals surface area (Å²) in [5.74, 6) is -0.565. The maximum Gasteiger partial charge on any atom is 0.326 e. The number of Topliss-reactive ketones (excluding diaryl/α,β-unsaturated/α-hetero) is 1. The average Bonchev–Trinajstić information content (AvgIpc) is 2.92. The fraction of sp³-hybridized carbons (Fsp3) is 0.250. The van der Waals surface area contributed by atoms with Gasteiger partial charge in [0.2, 0.25) is 0 Å². The Hall–Kier alpha value is -3.35. The van der Waals surface area contributed by atoms with Crippen LogP contribution in [0.25, 0.3) is 0 Å². The highest BCUT2D eigenvalue weighted by atomic mass is 16.6. The maximum absolute atomic E-state index is 12.0. The number of carbonyl (C=O) groups excluding carboxylic acids is 3. The summed E-state index contributed by atoms with van der Waals surface area (Å²) in [6.07, 6.45) is 0. The molecule has 0 radical (unpaired) electrons. The minimum Gasteiger partial charge on any atom is -0.494 e. The van der Waals surface area contributed by atoms with Crippen LogP contribution < -0.4 is 14.4 Å². The summed E-state index contributed by atoms with van der Waals surface area (Å²) in [5.41, 5.74) is 0.726. The molecule has 3 rings (SSSR count). The predicted molar refractivity (Wildman–Crippen MR) is 97.2 cm³/mol. The highest BCUT2D eigenvalue weighted by Crippen LogP contribution is 2.28. The molecule has 0 aromatic heterocycles. The molecule has 0 bridgehead atoms. The van der Waals surface area contributed by atoms with Crippen LogP contribution in [0.4, 0.5) is 5.69 Å². The summed E-state index contributed by atoms with van der Waals surface area (Å²) in [5, 5.41) is 0. The molecule has 0 spiro atoms. The van der Waals surface area contributed by atoms with Gasteiger partial charge in [-0.05, 0) is 43.3 Å². The van der Waals surface area contributed by atoms with E-state index in [1.807, 2.05) is 6.92 Å². The van der Waals surface area contributed by atoms with Gasteiger partial charge in [0.1, 0.15) is 31.3 Å². The van der Waals surface area contributed by atoms with E-state index in [9.17, 15) is 14.4 Å². The lowest BCUT2D eigenvalue weighted by Crippen LogP contribution is -2.35. The average molecular weight is 369 g/mol. The smallest absolute Gasteiger partial charge is 0.326 e. The van der Waals surface area contributed by atoms with Gasteiger partial charge in [-0.25, -0.2) is 0 Å². The molecule has 0 unspecified atom stereocenters. The number of para-hydroxylation sites is 1. The van der Waals surface area contributed by atoms with E-state index in [1.165, 1.54) is 0 Å². The number of amides is 1. The van der Waals surface area contributed by atoms with E-state index >= 15 is 0 Å². The Bertz CT molecular complexity index is 846. The minimum absolute atomic E-state index is 0.0314. The molecular formula is C20H19NO6. The van der Waals surface area contributed by atoms with E-state index in [4.69, 9.17) is 14.2 Å². The van der Waals surface area contributed by atoms with Crippen molar-refractivity contribution in [3.63, 3.8) is 0 Å². The first-order valence-corrected chi connectivity index (χ1v) is 8.56. The predicted octanol–water partition coefficient (Wildman–Crippen LogP) is 2.24. The van der Waals surface area contributed by atoms with Gasteiger partial charge < -0.3 is 14.2 Å². The number of benzene rings is 2. The molecule has 0 saturated carbocycles. The Morgan fingerprint density at radius 2 is 1.59 bits per heavy atom. The van der Waals surface area contributed by atoms with Crippen molar-refractivity contribution in [1.82, 2.24) is 0 Å². The first-order chi connectivity index (χ1) is 13.1. The highest BCUT2D eigenvalue weighted by molar-refractivity contribution is 6.52. The van der Waals surface area contributed by atoms with Gasteiger partial charge in [0.25, 0.3) is 11.7 Å². The van der Waals surface area contributed by atoms with E-state index in [1.54, 1.807) is 48.5 Å². The van der Waals surface area contributed by atoms with Gasteiger partial charge in [-0.2, -0.15) is 0 Å². The molecule has 1 aliphatic heterocycles. The van der Waals surface area contributed by atoms with Crippen LogP contribution in [0.5, 0.6) is 11.5 Å². The zero-order valence-corrected chi connectivity index (χ0v) is 14.8. The standard InChI is InChI=1S/C20H19NO6/c1-2-25-14-7-9-15(10-8-14)26-11-12-27-18(22)13-21-17-6-4-3-5-16(17)19(23)20(21)24/h3-10H,2,11-13H2,1H3. The SMILES string of the molecule is CCOc1ccc(OCCOC(=O)CN2C(=O)C(=O)c3ccccc32)cc1. The third-order valence-electron chi connectivity index (χ3n) is 3.92. The van der Waals surface area contributed by atoms with Crippen molar-refractivity contribution in [2.45, 2.75) is 6.92 Å². The molecule has 2 aromatic rings. The summed E-state index contributed by atoms with van der Waals surface area (Å²) < 4.78 is 15.9. The molecule has 140 valence electrons. The summed E-state index contributed by atoms with van der Waals surface area (Å²) in [6.45, 7) is 2.38. The number of ether oxygens (including phenoxy) is 3. The van der Waals surface area contributed by atoms with Crippen molar-refractivity contribution in [2.24, 2.45) is 0 Å². The van der Waals surface area contributed by atoms with Crippen LogP contribution in [-0.4, -0.2) is 44.0 Å². The van der Waals surface area contributed by atoms with Crippen molar-refractivity contribution in [3.05, 3.63) is 54.1 Å². The molecule has 0 N–H and O–H groups in total. The summed E-state index contributed by atoms with van der Waals surface area (Å²) in [7, 11) is 0. The second-order valence-corrected chi connectivity index (χ2v) is 5.71. The van der Waals surface area contributed by atoms with Crippen molar-refractivity contribution in [2.75, 3.05) is 31.3 Å². The van der Waals surface area contributed by atoms with Crippen LogP contribution in [0, 0.1) is 0 Å². The normalized spacial score (nSPS) is 12.7. The monoisotopic (exact) mass is 369 g/mol. The number of fused-ring (bicyclic) bond motifs is 1. The van der Waals surface area contributed by atoms with Crippen LogP contribution in [0.2, 0.25) is 0 Å². The highest BCUT2D eigenvalue weighted by Gasteiger charge is 2.36. The lowest BCUT2D eigenvalue weighted by atomic mass is 10.1. The minimum atomic E-state index is -0.723. The van der Waals surface area contributed by atoms with Gasteiger partial charge in [-0.3, -0.25) is 19.3 Å². The lowest BCUT2D eigenvalue weighted by molar-refractivity contribution is -0.143. The summed E-state index contributed by atoms with van der Waals surface area (Å²) in [4.78, 5) is 37.0. The third kappa shape index (κ3) is 4.25. The van der Waals surface area contributed by atoms with E-state index in [0.717, 1.165) is 10.6 Å². The molecule has 1 aliphatic rings. The number of carbonyl (C=O) groups is 3. The topological polar surface area (TPSA) is 82.1 Å². The fourth-order valence-corrected chi connectivity index (χ4v) is 2.69. The van der Waals surface area contributed by atoms with E-state index in [-0.39, 0.29) is 19.8 Å². The second kappa shape index (κ2) is 8.35. The molecule has 27 heavy (non-hydrogen) atoms. The Balaban J connectivity index is 1.45. The number of nitrogens with zero attached hydrogens (tertiary/aromatic N) is 1. The molecule has 0 saturated heterocycles. The van der Waals surface area contributed by atoms with Crippen LogP contribution in [-0.2, 0) is 14.3 Å². The zero-order chi connectivity index (χ0) is 19.2. The Labute approximate surface area is 156 Å². The molecule has 0 atom stereocenters. The van der Waals surface area contributed by atoms with Crippen LogP contribution >= 0.6 is 0 Å². The molecule has 0 aliphatic carbocycles. The summed E-state index contributed by atoms with van der Waals surface area (Å²) in [6, 6.07) is 13.7. The molecule has 7 nitrogen and oxygen atoms in total. The Morgan fingerprint density at radius 3 is 2.30 bits per heavy atom. The van der Waals surface area contributed by atoms with Crippen LogP contribution in [0.3, 0.4) is 0 Å². The Kier molecular flexibility index (Phi) is 5.71. The largest absolute Gasteiger partial charge is 0.494 e. The van der Waals surface area contributed by atoms with E-state index in [0.29, 0.717) is 23.6 Å². The zero-order valence-electron chi connectivity index (χ0n) is 14.8. The third-order valence-corrected chi connectivity index (χ3v) is 3.92. The van der Waals surface area contributed by atoms with Gasteiger partial charge in [0.15, 0.2) is 0 Å². The fourth-order valence-electron chi connectivity index (χ4n) is 2.69. The number of hydrogen-bond donors (Lipinski definition) is 0.